The van der Waals surface area contributed by atoms with Gasteiger partial charge in [0.05, 0.1) is 0 Å². The van der Waals surface area contributed by atoms with Gasteiger partial charge in [-0.15, -0.1) is 10.2 Å². The largest absolute Gasteiger partial charge is 0.324 e. The number of aromatic nitrogens is 3. The molecular formula is C14H22N4. The molecule has 1 saturated carbocycles. The van der Waals surface area contributed by atoms with Crippen molar-refractivity contribution in [2.75, 3.05) is 0 Å². The van der Waals surface area contributed by atoms with Crippen LogP contribution in [0.4, 0.5) is 0 Å². The number of allylic oxidation sites excluding steroid dienone is 1. The Hall–Kier alpha value is -1.16. The number of rotatable bonds is 2. The Morgan fingerprint density at radius 1 is 1.17 bits per heavy atom. The van der Waals surface area contributed by atoms with Crippen molar-refractivity contribution in [2.24, 2.45) is 5.73 Å². The summed E-state index contributed by atoms with van der Waals surface area (Å²) in [4.78, 5) is 0. The lowest BCUT2D eigenvalue weighted by Crippen LogP contribution is -2.20. The van der Waals surface area contributed by atoms with E-state index in [1.54, 1.807) is 0 Å². The summed E-state index contributed by atoms with van der Waals surface area (Å²) in [5, 5.41) is 8.71. The molecule has 4 nitrogen and oxygen atoms in total. The van der Waals surface area contributed by atoms with E-state index in [1.165, 1.54) is 32.1 Å². The molecule has 1 fully saturated rings. The molecule has 1 heterocycles. The van der Waals surface area contributed by atoms with Crippen LogP contribution in [0.15, 0.2) is 12.2 Å². The second-order valence-electron chi connectivity index (χ2n) is 5.66. The van der Waals surface area contributed by atoms with Crippen LogP contribution in [-0.4, -0.2) is 20.8 Å². The first-order chi connectivity index (χ1) is 8.75. The molecule has 2 aliphatic carbocycles. The molecular weight excluding hydrogens is 224 g/mol. The molecule has 2 aliphatic rings. The smallest absolute Gasteiger partial charge is 0.140 e. The average Bonchev–Trinajstić information content (AvgIpc) is 2.96. The number of nitrogens with zero attached hydrogens (tertiary/aromatic N) is 3. The first-order valence-corrected chi connectivity index (χ1v) is 7.11. The highest BCUT2D eigenvalue weighted by Crippen LogP contribution is 2.34. The SMILES string of the molecule is Cc1nnc(C2C=CC(N)C2)n1C1CCCCC1. The van der Waals surface area contributed by atoms with Crippen LogP contribution in [0.25, 0.3) is 0 Å². The first-order valence-electron chi connectivity index (χ1n) is 7.11. The second-order valence-corrected chi connectivity index (χ2v) is 5.66. The first kappa shape index (κ1) is 11.9. The van der Waals surface area contributed by atoms with Crippen LogP contribution in [0.3, 0.4) is 0 Å². The molecule has 98 valence electrons. The highest BCUT2D eigenvalue weighted by molar-refractivity contribution is 5.18. The molecule has 0 spiro atoms. The van der Waals surface area contributed by atoms with Gasteiger partial charge in [-0.05, 0) is 26.2 Å². The average molecular weight is 246 g/mol. The van der Waals surface area contributed by atoms with Gasteiger partial charge in [-0.25, -0.2) is 0 Å². The maximum Gasteiger partial charge on any atom is 0.140 e. The summed E-state index contributed by atoms with van der Waals surface area (Å²) >= 11 is 0. The summed E-state index contributed by atoms with van der Waals surface area (Å²) in [5.41, 5.74) is 5.95. The molecule has 1 aromatic heterocycles. The number of aryl methyl sites for hydroxylation is 1. The fourth-order valence-electron chi connectivity index (χ4n) is 3.35. The summed E-state index contributed by atoms with van der Waals surface area (Å²) < 4.78 is 2.38. The van der Waals surface area contributed by atoms with Crippen LogP contribution < -0.4 is 5.73 Å². The highest BCUT2D eigenvalue weighted by Gasteiger charge is 2.27. The third-order valence-electron chi connectivity index (χ3n) is 4.28. The molecule has 4 heteroatoms. The topological polar surface area (TPSA) is 56.7 Å². The van der Waals surface area contributed by atoms with Crippen LogP contribution in [-0.2, 0) is 0 Å². The minimum atomic E-state index is 0.187. The lowest BCUT2D eigenvalue weighted by molar-refractivity contribution is 0.338. The molecule has 0 radical (unpaired) electrons. The summed E-state index contributed by atoms with van der Waals surface area (Å²) in [6.45, 7) is 2.07. The molecule has 18 heavy (non-hydrogen) atoms. The van der Waals surface area contributed by atoms with Crippen LogP contribution in [0.1, 0.15) is 62.1 Å². The molecule has 0 aliphatic heterocycles. The van der Waals surface area contributed by atoms with E-state index in [4.69, 9.17) is 5.73 Å². The fourth-order valence-corrected chi connectivity index (χ4v) is 3.35. The minimum absolute atomic E-state index is 0.187. The van der Waals surface area contributed by atoms with Crippen molar-refractivity contribution in [3.05, 3.63) is 23.8 Å². The molecule has 0 saturated heterocycles. The van der Waals surface area contributed by atoms with Crippen molar-refractivity contribution in [3.63, 3.8) is 0 Å². The van der Waals surface area contributed by atoms with Crippen molar-refractivity contribution < 1.29 is 0 Å². The van der Waals surface area contributed by atoms with Crippen molar-refractivity contribution >= 4 is 0 Å². The Kier molecular flexibility index (Phi) is 3.20. The molecule has 0 aromatic carbocycles. The molecule has 0 bridgehead atoms. The predicted molar refractivity (Wildman–Crippen MR) is 71.4 cm³/mol. The zero-order chi connectivity index (χ0) is 12.5. The van der Waals surface area contributed by atoms with Gasteiger partial charge in [0, 0.05) is 18.0 Å². The minimum Gasteiger partial charge on any atom is -0.324 e. The quantitative estimate of drug-likeness (QED) is 0.815. The van der Waals surface area contributed by atoms with Gasteiger partial charge in [0.15, 0.2) is 0 Å². The number of nitrogens with two attached hydrogens (primary N) is 1. The van der Waals surface area contributed by atoms with Crippen molar-refractivity contribution in [1.29, 1.82) is 0 Å². The molecule has 0 amide bonds. The molecule has 2 atom stereocenters. The Bertz CT molecular complexity index is 443. The van der Waals surface area contributed by atoms with E-state index in [9.17, 15) is 0 Å². The third kappa shape index (κ3) is 2.09. The van der Waals surface area contributed by atoms with E-state index in [2.05, 4.69) is 33.8 Å². The summed E-state index contributed by atoms with van der Waals surface area (Å²) in [7, 11) is 0. The van der Waals surface area contributed by atoms with Gasteiger partial charge >= 0.3 is 0 Å². The standard InChI is InChI=1S/C14H22N4/c1-10-16-17-14(11-7-8-12(15)9-11)18(10)13-5-3-2-4-6-13/h7-8,11-13H,2-6,9,15H2,1H3. The van der Waals surface area contributed by atoms with Crippen molar-refractivity contribution in [2.45, 2.75) is 63.5 Å². The predicted octanol–water partition coefficient (Wildman–Crippen LogP) is 2.46. The maximum absolute atomic E-state index is 5.95. The molecule has 3 rings (SSSR count). The second kappa shape index (κ2) is 4.84. The lowest BCUT2D eigenvalue weighted by atomic mass is 9.94. The number of hydrogen-bond donors (Lipinski definition) is 1. The van der Waals surface area contributed by atoms with Gasteiger partial charge in [-0.1, -0.05) is 31.4 Å². The summed E-state index contributed by atoms with van der Waals surface area (Å²) in [5.74, 6) is 2.55. The van der Waals surface area contributed by atoms with Crippen LogP contribution >= 0.6 is 0 Å². The van der Waals surface area contributed by atoms with Gasteiger partial charge in [0.25, 0.3) is 0 Å². The zero-order valence-corrected chi connectivity index (χ0v) is 11.0. The van der Waals surface area contributed by atoms with Gasteiger partial charge in [0.1, 0.15) is 11.6 Å². The van der Waals surface area contributed by atoms with E-state index in [0.717, 1.165) is 18.1 Å². The van der Waals surface area contributed by atoms with Gasteiger partial charge in [-0.3, -0.25) is 0 Å². The number of hydrogen-bond acceptors (Lipinski definition) is 3. The van der Waals surface area contributed by atoms with Crippen LogP contribution in [0, 0.1) is 6.92 Å². The lowest BCUT2D eigenvalue weighted by Gasteiger charge is -2.26. The Balaban J connectivity index is 1.88. The molecule has 2 N–H and O–H groups in total. The van der Waals surface area contributed by atoms with Crippen LogP contribution in [0.2, 0.25) is 0 Å². The van der Waals surface area contributed by atoms with Gasteiger partial charge < -0.3 is 10.3 Å². The normalized spacial score (nSPS) is 29.0. The van der Waals surface area contributed by atoms with Gasteiger partial charge in [0.2, 0.25) is 0 Å². The Labute approximate surface area is 108 Å². The Morgan fingerprint density at radius 3 is 2.61 bits per heavy atom. The van der Waals surface area contributed by atoms with E-state index < -0.39 is 0 Å². The highest BCUT2D eigenvalue weighted by atomic mass is 15.3. The summed E-state index contributed by atoms with van der Waals surface area (Å²) in [6.07, 6.45) is 11.9. The van der Waals surface area contributed by atoms with E-state index >= 15 is 0 Å². The maximum atomic E-state index is 5.95. The van der Waals surface area contributed by atoms with Crippen molar-refractivity contribution in [3.8, 4) is 0 Å². The third-order valence-corrected chi connectivity index (χ3v) is 4.28. The fraction of sp³-hybridized carbons (Fsp3) is 0.714. The summed E-state index contributed by atoms with van der Waals surface area (Å²) in [6, 6.07) is 0.792. The zero-order valence-electron chi connectivity index (χ0n) is 11.0. The molecule has 1 aromatic rings. The van der Waals surface area contributed by atoms with E-state index in [0.29, 0.717) is 12.0 Å². The van der Waals surface area contributed by atoms with Crippen LogP contribution in [0.5, 0.6) is 0 Å². The van der Waals surface area contributed by atoms with Crippen molar-refractivity contribution in [1.82, 2.24) is 14.8 Å². The Morgan fingerprint density at radius 2 is 1.94 bits per heavy atom. The molecule has 2 unspecified atom stereocenters. The van der Waals surface area contributed by atoms with Gasteiger partial charge in [-0.2, -0.15) is 0 Å². The van der Waals surface area contributed by atoms with E-state index in [1.807, 2.05) is 0 Å². The monoisotopic (exact) mass is 246 g/mol. The van der Waals surface area contributed by atoms with E-state index in [-0.39, 0.29) is 6.04 Å².